The van der Waals surface area contributed by atoms with Gasteiger partial charge in [0.05, 0.1) is 0 Å². The first-order chi connectivity index (χ1) is 10.0. The topological polar surface area (TPSA) is 15.3 Å². The number of anilines is 1. The molecule has 1 N–H and O–H groups in total. The van der Waals surface area contributed by atoms with Gasteiger partial charge in [0.25, 0.3) is 0 Å². The summed E-state index contributed by atoms with van der Waals surface area (Å²) in [5.74, 6) is 1.51. The Bertz CT molecular complexity index is 373. The van der Waals surface area contributed by atoms with Gasteiger partial charge in [-0.25, -0.2) is 0 Å². The largest absolute Gasteiger partial charge is 0.371 e. The van der Waals surface area contributed by atoms with Crippen LogP contribution in [0.2, 0.25) is 0 Å². The Morgan fingerprint density at radius 1 is 0.952 bits per heavy atom. The lowest BCUT2D eigenvalue weighted by Gasteiger charge is -2.29. The molecule has 0 heterocycles. The molecule has 0 aliphatic heterocycles. The molecule has 0 amide bonds. The molecule has 0 saturated heterocycles. The monoisotopic (exact) mass is 290 g/mol. The van der Waals surface area contributed by atoms with E-state index in [1.165, 1.54) is 24.1 Å². The molecule has 0 radical (unpaired) electrons. The molecule has 2 heteroatoms. The molecular formula is C19H34N2. The fraction of sp³-hybridized carbons (Fsp3) is 0.684. The molecule has 1 aromatic carbocycles. The zero-order valence-electron chi connectivity index (χ0n) is 14.7. The number of rotatable bonds is 10. The van der Waals surface area contributed by atoms with Gasteiger partial charge in [-0.3, -0.25) is 0 Å². The summed E-state index contributed by atoms with van der Waals surface area (Å²) in [7, 11) is 0. The van der Waals surface area contributed by atoms with E-state index >= 15 is 0 Å². The van der Waals surface area contributed by atoms with Gasteiger partial charge in [-0.1, -0.05) is 52.8 Å². The quantitative estimate of drug-likeness (QED) is 0.672. The van der Waals surface area contributed by atoms with Gasteiger partial charge >= 0.3 is 0 Å². The molecule has 1 aromatic rings. The second kappa shape index (κ2) is 9.83. The van der Waals surface area contributed by atoms with Crippen LogP contribution in [0.3, 0.4) is 0 Å². The second-order valence-electron chi connectivity index (χ2n) is 6.76. The van der Waals surface area contributed by atoms with Crippen LogP contribution in [-0.2, 0) is 6.54 Å². The smallest absolute Gasteiger partial charge is 0.0411 e. The highest BCUT2D eigenvalue weighted by molar-refractivity contribution is 5.53. The molecule has 21 heavy (non-hydrogen) atoms. The summed E-state index contributed by atoms with van der Waals surface area (Å²) >= 11 is 0. The normalized spacial score (nSPS) is 11.4. The van der Waals surface area contributed by atoms with Crippen molar-refractivity contribution in [1.29, 1.82) is 0 Å². The first-order valence-electron chi connectivity index (χ1n) is 8.58. The summed E-state index contributed by atoms with van der Waals surface area (Å²) in [6.45, 7) is 15.7. The van der Waals surface area contributed by atoms with Crippen molar-refractivity contribution in [2.24, 2.45) is 11.8 Å². The average Bonchev–Trinajstić information content (AvgIpc) is 2.45. The van der Waals surface area contributed by atoms with E-state index in [0.717, 1.165) is 38.0 Å². The van der Waals surface area contributed by atoms with Crippen LogP contribution in [0.25, 0.3) is 0 Å². The highest BCUT2D eigenvalue weighted by atomic mass is 15.1. The lowest BCUT2D eigenvalue weighted by atomic mass is 10.1. The summed E-state index contributed by atoms with van der Waals surface area (Å²) in [5, 5.41) is 3.46. The van der Waals surface area contributed by atoms with Gasteiger partial charge in [-0.2, -0.15) is 0 Å². The van der Waals surface area contributed by atoms with E-state index in [4.69, 9.17) is 0 Å². The van der Waals surface area contributed by atoms with Gasteiger partial charge in [0.2, 0.25) is 0 Å². The molecule has 0 saturated carbocycles. The Morgan fingerprint density at radius 3 is 2.05 bits per heavy atom. The first kappa shape index (κ1) is 18.0. The number of hydrogen-bond donors (Lipinski definition) is 1. The predicted molar refractivity (Wildman–Crippen MR) is 94.9 cm³/mol. The summed E-state index contributed by atoms with van der Waals surface area (Å²) in [6.07, 6.45) is 2.52. The van der Waals surface area contributed by atoms with Crippen molar-refractivity contribution in [2.75, 3.05) is 24.5 Å². The van der Waals surface area contributed by atoms with Gasteiger partial charge in [0.15, 0.2) is 0 Å². The molecule has 0 bridgehead atoms. The molecular weight excluding hydrogens is 256 g/mol. The maximum absolute atomic E-state index is 3.46. The number of para-hydroxylation sites is 1. The molecule has 0 spiro atoms. The maximum Gasteiger partial charge on any atom is 0.0411 e. The zero-order valence-corrected chi connectivity index (χ0v) is 14.7. The molecule has 120 valence electrons. The van der Waals surface area contributed by atoms with E-state index in [0.29, 0.717) is 0 Å². The maximum atomic E-state index is 3.46. The Morgan fingerprint density at radius 2 is 1.52 bits per heavy atom. The molecule has 0 aliphatic rings. The lowest BCUT2D eigenvalue weighted by molar-refractivity contribution is 0.534. The van der Waals surface area contributed by atoms with E-state index in [1.54, 1.807) is 0 Å². The van der Waals surface area contributed by atoms with E-state index in [9.17, 15) is 0 Å². The molecule has 0 unspecified atom stereocenters. The highest BCUT2D eigenvalue weighted by Crippen LogP contribution is 2.22. The molecule has 0 fully saturated rings. The SMILES string of the molecule is CCNCc1ccccc1N(CCC(C)C)CCC(C)C. The van der Waals surface area contributed by atoms with E-state index in [-0.39, 0.29) is 0 Å². The van der Waals surface area contributed by atoms with Gasteiger partial charge in [0, 0.05) is 25.3 Å². The summed E-state index contributed by atoms with van der Waals surface area (Å²) in [4.78, 5) is 2.59. The van der Waals surface area contributed by atoms with Gasteiger partial charge in [-0.15, -0.1) is 0 Å². The van der Waals surface area contributed by atoms with Crippen LogP contribution in [0.15, 0.2) is 24.3 Å². The van der Waals surface area contributed by atoms with Crippen LogP contribution >= 0.6 is 0 Å². The van der Waals surface area contributed by atoms with Crippen LogP contribution in [-0.4, -0.2) is 19.6 Å². The van der Waals surface area contributed by atoms with Crippen LogP contribution in [0.1, 0.15) is 53.0 Å². The lowest BCUT2D eigenvalue weighted by Crippen LogP contribution is -2.29. The van der Waals surface area contributed by atoms with Crippen LogP contribution < -0.4 is 10.2 Å². The van der Waals surface area contributed by atoms with Gasteiger partial charge < -0.3 is 10.2 Å². The zero-order chi connectivity index (χ0) is 15.7. The minimum atomic E-state index is 0.757. The van der Waals surface area contributed by atoms with Crippen molar-refractivity contribution in [3.8, 4) is 0 Å². The fourth-order valence-electron chi connectivity index (χ4n) is 2.41. The predicted octanol–water partition coefficient (Wildman–Crippen LogP) is 4.69. The van der Waals surface area contributed by atoms with Crippen molar-refractivity contribution in [1.82, 2.24) is 5.32 Å². The van der Waals surface area contributed by atoms with Crippen molar-refractivity contribution >= 4 is 5.69 Å². The minimum absolute atomic E-state index is 0.757. The average molecular weight is 290 g/mol. The highest BCUT2D eigenvalue weighted by Gasteiger charge is 2.12. The minimum Gasteiger partial charge on any atom is -0.371 e. The standard InChI is InChI=1S/C19H34N2/c1-6-20-15-18-9-7-8-10-19(18)21(13-11-16(2)3)14-12-17(4)5/h7-10,16-17,20H,6,11-15H2,1-5H3. The number of hydrogen-bond acceptors (Lipinski definition) is 2. The van der Waals surface area contributed by atoms with Gasteiger partial charge in [-0.05, 0) is 42.9 Å². The molecule has 0 aromatic heterocycles. The van der Waals surface area contributed by atoms with E-state index < -0.39 is 0 Å². The van der Waals surface area contributed by atoms with Crippen LogP contribution in [0.4, 0.5) is 5.69 Å². The van der Waals surface area contributed by atoms with Crippen molar-refractivity contribution in [3.63, 3.8) is 0 Å². The van der Waals surface area contributed by atoms with Crippen LogP contribution in [0.5, 0.6) is 0 Å². The fourth-order valence-corrected chi connectivity index (χ4v) is 2.41. The first-order valence-corrected chi connectivity index (χ1v) is 8.58. The summed E-state index contributed by atoms with van der Waals surface area (Å²) < 4.78 is 0. The second-order valence-corrected chi connectivity index (χ2v) is 6.76. The van der Waals surface area contributed by atoms with Crippen molar-refractivity contribution in [2.45, 2.75) is 54.0 Å². The molecule has 2 nitrogen and oxygen atoms in total. The van der Waals surface area contributed by atoms with Crippen molar-refractivity contribution in [3.05, 3.63) is 29.8 Å². The van der Waals surface area contributed by atoms with Crippen LogP contribution in [0, 0.1) is 11.8 Å². The number of nitrogens with zero attached hydrogens (tertiary/aromatic N) is 1. The third-order valence-electron chi connectivity index (χ3n) is 3.85. The Labute approximate surface area is 131 Å². The Hall–Kier alpha value is -1.02. The van der Waals surface area contributed by atoms with Crippen molar-refractivity contribution < 1.29 is 0 Å². The van der Waals surface area contributed by atoms with E-state index in [2.05, 4.69) is 69.1 Å². The Kier molecular flexibility index (Phi) is 8.44. The third kappa shape index (κ3) is 6.99. The summed E-state index contributed by atoms with van der Waals surface area (Å²) in [5.41, 5.74) is 2.84. The number of benzene rings is 1. The molecule has 1 rings (SSSR count). The van der Waals surface area contributed by atoms with Gasteiger partial charge in [0.1, 0.15) is 0 Å². The molecule has 0 atom stereocenters. The number of nitrogens with one attached hydrogen (secondary N) is 1. The summed E-state index contributed by atoms with van der Waals surface area (Å²) in [6, 6.07) is 8.87. The molecule has 0 aliphatic carbocycles. The Balaban J connectivity index is 2.84. The van der Waals surface area contributed by atoms with E-state index in [1.807, 2.05) is 0 Å². The third-order valence-corrected chi connectivity index (χ3v) is 3.85.